The summed E-state index contributed by atoms with van der Waals surface area (Å²) in [4.78, 5) is 26.7. The van der Waals surface area contributed by atoms with Crippen LogP contribution in [0.5, 0.6) is 0 Å². The van der Waals surface area contributed by atoms with Gasteiger partial charge in [-0.15, -0.1) is 0 Å². The Morgan fingerprint density at radius 1 is 1.16 bits per heavy atom. The molecule has 1 aromatic carbocycles. The summed E-state index contributed by atoms with van der Waals surface area (Å²) in [5.74, 6) is -1.38. The monoisotopic (exact) mass is 341 g/mol. The Labute approximate surface area is 143 Å². The number of halogens is 1. The van der Waals surface area contributed by atoms with Crippen molar-refractivity contribution in [2.24, 2.45) is 11.8 Å². The molecule has 5 rings (SSSR count). The summed E-state index contributed by atoms with van der Waals surface area (Å²) in [6, 6.07) is 6.26. The molecule has 25 heavy (non-hydrogen) atoms. The highest BCUT2D eigenvalue weighted by Gasteiger charge is 2.62. The number of hydrogen-bond acceptors (Lipinski definition) is 4. The maximum Gasteiger partial charge on any atom is 0.240 e. The van der Waals surface area contributed by atoms with Crippen molar-refractivity contribution in [3.05, 3.63) is 48.0 Å². The molecule has 2 amide bonds. The number of aromatic nitrogens is 2. The van der Waals surface area contributed by atoms with Crippen molar-refractivity contribution in [3.8, 4) is 0 Å². The zero-order valence-corrected chi connectivity index (χ0v) is 13.3. The van der Waals surface area contributed by atoms with Gasteiger partial charge in [0.25, 0.3) is 0 Å². The highest BCUT2D eigenvalue weighted by atomic mass is 19.1. The van der Waals surface area contributed by atoms with Crippen LogP contribution in [0.2, 0.25) is 0 Å². The number of carbonyl (C=O) groups excluding carboxylic acids is 2. The van der Waals surface area contributed by atoms with Crippen molar-refractivity contribution >= 4 is 17.5 Å². The molecule has 3 fully saturated rings. The minimum Gasteiger partial charge on any atom is -0.373 e. The zero-order chi connectivity index (χ0) is 17.1. The molecule has 4 atom stereocenters. The van der Waals surface area contributed by atoms with Crippen LogP contribution < -0.4 is 4.90 Å². The number of anilines is 1. The summed E-state index contributed by atoms with van der Waals surface area (Å²) in [5.41, 5.74) is 1.23. The average Bonchev–Trinajstić information content (AvgIpc) is 3.33. The quantitative estimate of drug-likeness (QED) is 0.798. The van der Waals surface area contributed by atoms with E-state index in [0.717, 1.165) is 18.4 Å². The molecule has 0 unspecified atom stereocenters. The molecule has 128 valence electrons. The molecule has 2 aromatic rings. The first-order valence-corrected chi connectivity index (χ1v) is 8.42. The van der Waals surface area contributed by atoms with E-state index in [-0.39, 0.29) is 41.7 Å². The number of carbonyl (C=O) groups is 2. The molecule has 2 bridgehead atoms. The van der Waals surface area contributed by atoms with E-state index in [9.17, 15) is 14.0 Å². The lowest BCUT2D eigenvalue weighted by Gasteiger charge is -2.15. The number of fused-ring (bicyclic) bond motifs is 5. The van der Waals surface area contributed by atoms with Gasteiger partial charge in [0.05, 0.1) is 42.5 Å². The van der Waals surface area contributed by atoms with Crippen molar-refractivity contribution in [1.29, 1.82) is 0 Å². The number of rotatable bonds is 3. The first kappa shape index (κ1) is 14.8. The normalized spacial score (nSPS) is 30.4. The molecule has 0 N–H and O–H groups in total. The van der Waals surface area contributed by atoms with Gasteiger partial charge in [0.15, 0.2) is 0 Å². The number of imide groups is 1. The van der Waals surface area contributed by atoms with Crippen LogP contribution in [0.25, 0.3) is 0 Å². The van der Waals surface area contributed by atoms with Crippen LogP contribution in [0.4, 0.5) is 10.1 Å². The third kappa shape index (κ3) is 2.15. The number of benzene rings is 1. The van der Waals surface area contributed by atoms with Crippen molar-refractivity contribution < 1.29 is 18.7 Å². The van der Waals surface area contributed by atoms with Gasteiger partial charge in [-0.05, 0) is 30.5 Å². The summed E-state index contributed by atoms with van der Waals surface area (Å²) in [6.45, 7) is 0.370. The largest absolute Gasteiger partial charge is 0.373 e. The van der Waals surface area contributed by atoms with Crippen molar-refractivity contribution in [2.75, 3.05) is 4.90 Å². The van der Waals surface area contributed by atoms with Crippen LogP contribution in [0.3, 0.4) is 0 Å². The molecular formula is C18H16FN3O3. The van der Waals surface area contributed by atoms with E-state index in [4.69, 9.17) is 4.74 Å². The number of ether oxygens (including phenoxy) is 1. The van der Waals surface area contributed by atoms with Crippen molar-refractivity contribution in [3.63, 3.8) is 0 Å². The fraction of sp³-hybridized carbons (Fsp3) is 0.389. The van der Waals surface area contributed by atoms with Crippen LogP contribution in [0, 0.1) is 17.7 Å². The molecular weight excluding hydrogens is 325 g/mol. The van der Waals surface area contributed by atoms with Gasteiger partial charge in [-0.1, -0.05) is 12.1 Å². The van der Waals surface area contributed by atoms with Gasteiger partial charge in [0.1, 0.15) is 5.82 Å². The molecule has 7 heteroatoms. The minimum atomic E-state index is -0.349. The Morgan fingerprint density at radius 2 is 1.88 bits per heavy atom. The summed E-state index contributed by atoms with van der Waals surface area (Å²) >= 11 is 0. The van der Waals surface area contributed by atoms with Crippen molar-refractivity contribution in [1.82, 2.24) is 9.78 Å². The third-order valence-corrected chi connectivity index (χ3v) is 5.40. The highest BCUT2D eigenvalue weighted by Crippen LogP contribution is 2.49. The number of hydrogen-bond donors (Lipinski definition) is 0. The maximum absolute atomic E-state index is 13.3. The van der Waals surface area contributed by atoms with E-state index < -0.39 is 0 Å². The van der Waals surface area contributed by atoms with Crippen LogP contribution in [0.1, 0.15) is 18.4 Å². The number of nitrogens with zero attached hydrogens (tertiary/aromatic N) is 3. The first-order chi connectivity index (χ1) is 12.1. The molecule has 0 aliphatic carbocycles. The smallest absolute Gasteiger partial charge is 0.240 e. The van der Waals surface area contributed by atoms with Crippen LogP contribution >= 0.6 is 0 Å². The van der Waals surface area contributed by atoms with Gasteiger partial charge in [-0.3, -0.25) is 14.3 Å². The third-order valence-electron chi connectivity index (χ3n) is 5.40. The summed E-state index contributed by atoms with van der Waals surface area (Å²) in [7, 11) is 0. The number of amides is 2. The second-order valence-electron chi connectivity index (χ2n) is 6.88. The molecule has 1 aromatic heterocycles. The average molecular weight is 341 g/mol. The molecule has 3 aliphatic heterocycles. The fourth-order valence-electron chi connectivity index (χ4n) is 4.34. The first-order valence-electron chi connectivity index (χ1n) is 8.42. The summed E-state index contributed by atoms with van der Waals surface area (Å²) < 4.78 is 20.6. The highest BCUT2D eigenvalue weighted by molar-refractivity contribution is 6.22. The lowest BCUT2D eigenvalue weighted by atomic mass is 9.81. The van der Waals surface area contributed by atoms with Crippen LogP contribution in [0.15, 0.2) is 36.7 Å². The lowest BCUT2D eigenvalue weighted by molar-refractivity contribution is -0.124. The molecule has 6 nitrogen and oxygen atoms in total. The maximum atomic E-state index is 13.3. The van der Waals surface area contributed by atoms with E-state index in [1.807, 2.05) is 0 Å². The Kier molecular flexibility index (Phi) is 3.09. The zero-order valence-electron chi connectivity index (χ0n) is 13.3. The van der Waals surface area contributed by atoms with Crippen LogP contribution in [-0.2, 0) is 20.9 Å². The van der Waals surface area contributed by atoms with E-state index in [1.54, 1.807) is 23.0 Å². The topological polar surface area (TPSA) is 64.4 Å². The minimum absolute atomic E-state index is 0.126. The van der Waals surface area contributed by atoms with Gasteiger partial charge in [-0.2, -0.15) is 5.10 Å². The molecule has 4 heterocycles. The van der Waals surface area contributed by atoms with Crippen molar-refractivity contribution in [2.45, 2.75) is 31.6 Å². The summed E-state index contributed by atoms with van der Waals surface area (Å²) in [5, 5.41) is 4.22. The van der Waals surface area contributed by atoms with Gasteiger partial charge < -0.3 is 4.74 Å². The van der Waals surface area contributed by atoms with E-state index >= 15 is 0 Å². The second kappa shape index (κ2) is 5.23. The standard InChI is InChI=1S/C18H16FN3O3/c19-11-3-1-2-10(6-11)8-21-9-12(7-20-21)22-17(23)15-13-4-5-14(25-13)16(15)18(22)24/h1-3,6-7,9,13-16H,4-5,8H2/t13-,14-,15+,16+/m1/s1. The lowest BCUT2D eigenvalue weighted by Crippen LogP contribution is -2.33. The Balaban J connectivity index is 1.40. The molecule has 0 saturated carbocycles. The predicted octanol–water partition coefficient (Wildman–Crippen LogP) is 1.74. The predicted molar refractivity (Wildman–Crippen MR) is 85.1 cm³/mol. The van der Waals surface area contributed by atoms with E-state index in [2.05, 4.69) is 5.10 Å². The van der Waals surface area contributed by atoms with Gasteiger partial charge >= 0.3 is 0 Å². The van der Waals surface area contributed by atoms with Crippen LogP contribution in [-0.4, -0.2) is 33.8 Å². The van der Waals surface area contributed by atoms with Gasteiger partial charge in [-0.25, -0.2) is 9.29 Å². The molecule has 0 spiro atoms. The Bertz CT molecular complexity index is 852. The van der Waals surface area contributed by atoms with E-state index in [1.165, 1.54) is 23.2 Å². The van der Waals surface area contributed by atoms with E-state index in [0.29, 0.717) is 12.2 Å². The second-order valence-corrected chi connectivity index (χ2v) is 6.88. The van der Waals surface area contributed by atoms with Gasteiger partial charge in [0, 0.05) is 6.20 Å². The Hall–Kier alpha value is -2.54. The van der Waals surface area contributed by atoms with Gasteiger partial charge in [0.2, 0.25) is 11.8 Å². The Morgan fingerprint density at radius 3 is 2.56 bits per heavy atom. The fourth-order valence-corrected chi connectivity index (χ4v) is 4.34. The molecule has 3 aliphatic rings. The molecule has 3 saturated heterocycles. The summed E-state index contributed by atoms with van der Waals surface area (Å²) in [6.07, 6.45) is 4.61. The SMILES string of the molecule is O=C1[C@@H]2[C@@H](C(=O)N1c1cnn(Cc3cccc(F)c3)c1)[C@H]1CC[C@H]2O1. The molecule has 0 radical (unpaired) electrons.